The van der Waals surface area contributed by atoms with Gasteiger partial charge < -0.3 is 19.8 Å². The van der Waals surface area contributed by atoms with Crippen molar-refractivity contribution in [2.24, 2.45) is 7.05 Å². The SMILES string of the molecule is CCc1c(-c2ccc3c(c2)cc(CN2CCN(C(C)C)CC2)n3C)[nH]c(=O)c(C(=O)O)c1O.Cl.Cl. The maximum Gasteiger partial charge on any atom is 0.345 e. The molecule has 1 fully saturated rings. The number of pyridine rings is 1. The molecule has 3 aromatic rings. The van der Waals surface area contributed by atoms with Crippen LogP contribution in [0.25, 0.3) is 22.2 Å². The predicted molar refractivity (Wildman–Crippen MR) is 143 cm³/mol. The van der Waals surface area contributed by atoms with E-state index in [9.17, 15) is 19.8 Å². The quantitative estimate of drug-likeness (QED) is 0.452. The number of carbonyl (C=O) groups is 1. The summed E-state index contributed by atoms with van der Waals surface area (Å²) in [4.78, 5) is 31.4. The number of nitrogens with zero attached hydrogens (tertiary/aromatic N) is 3. The van der Waals surface area contributed by atoms with Crippen LogP contribution in [0.2, 0.25) is 0 Å². The number of aromatic nitrogens is 2. The first-order valence-corrected chi connectivity index (χ1v) is 11.5. The van der Waals surface area contributed by atoms with Gasteiger partial charge in [-0.2, -0.15) is 0 Å². The number of aryl methyl sites for hydroxylation is 1. The summed E-state index contributed by atoms with van der Waals surface area (Å²) in [7, 11) is 2.06. The Bertz CT molecular complexity index is 1260. The Kier molecular flexibility index (Phi) is 9.42. The third-order valence-electron chi connectivity index (χ3n) is 6.81. The zero-order valence-electron chi connectivity index (χ0n) is 20.5. The van der Waals surface area contributed by atoms with Gasteiger partial charge in [0.1, 0.15) is 5.75 Å². The van der Waals surface area contributed by atoms with Crippen molar-refractivity contribution in [2.45, 2.75) is 39.8 Å². The van der Waals surface area contributed by atoms with E-state index < -0.39 is 22.8 Å². The Labute approximate surface area is 217 Å². The lowest BCUT2D eigenvalue weighted by Gasteiger charge is -2.36. The molecule has 0 atom stereocenters. The molecule has 3 N–H and O–H groups in total. The molecule has 192 valence electrons. The summed E-state index contributed by atoms with van der Waals surface area (Å²) in [6, 6.07) is 8.64. The Morgan fingerprint density at radius 1 is 1.11 bits per heavy atom. The van der Waals surface area contributed by atoms with Crippen LogP contribution in [0.3, 0.4) is 0 Å². The number of hydrogen-bond acceptors (Lipinski definition) is 5. The van der Waals surface area contributed by atoms with Gasteiger partial charge in [0.2, 0.25) is 0 Å². The largest absolute Gasteiger partial charge is 0.506 e. The van der Waals surface area contributed by atoms with Crippen molar-refractivity contribution in [1.82, 2.24) is 19.4 Å². The molecular formula is C25H34Cl2N4O4. The number of rotatable bonds is 6. The summed E-state index contributed by atoms with van der Waals surface area (Å²) in [6.45, 7) is 11.4. The lowest BCUT2D eigenvalue weighted by molar-refractivity contribution is 0.0691. The molecule has 1 saturated heterocycles. The van der Waals surface area contributed by atoms with Crippen molar-refractivity contribution >= 4 is 41.7 Å². The molecule has 0 amide bonds. The minimum absolute atomic E-state index is 0. The average Bonchev–Trinajstić information content (AvgIpc) is 3.08. The van der Waals surface area contributed by atoms with E-state index in [1.165, 1.54) is 5.69 Å². The molecule has 4 rings (SSSR count). The first-order valence-electron chi connectivity index (χ1n) is 11.5. The van der Waals surface area contributed by atoms with Gasteiger partial charge in [-0.15, -0.1) is 24.8 Å². The maximum absolute atomic E-state index is 12.3. The molecule has 10 heteroatoms. The van der Waals surface area contributed by atoms with Crippen LogP contribution in [0.1, 0.15) is 42.4 Å². The van der Waals surface area contributed by atoms with Crippen LogP contribution in [-0.2, 0) is 20.0 Å². The zero-order chi connectivity index (χ0) is 23.9. The topological polar surface area (TPSA) is 102 Å². The Morgan fingerprint density at radius 2 is 1.77 bits per heavy atom. The summed E-state index contributed by atoms with van der Waals surface area (Å²) < 4.78 is 2.20. The van der Waals surface area contributed by atoms with E-state index in [1.54, 1.807) is 0 Å². The van der Waals surface area contributed by atoms with E-state index in [-0.39, 0.29) is 24.8 Å². The summed E-state index contributed by atoms with van der Waals surface area (Å²) >= 11 is 0. The van der Waals surface area contributed by atoms with E-state index in [0.29, 0.717) is 23.7 Å². The van der Waals surface area contributed by atoms with E-state index >= 15 is 0 Å². The normalized spacial score (nSPS) is 14.7. The first-order chi connectivity index (χ1) is 15.7. The van der Waals surface area contributed by atoms with Crippen molar-refractivity contribution in [1.29, 1.82) is 0 Å². The van der Waals surface area contributed by atoms with Gasteiger partial charge in [0, 0.05) is 68.0 Å². The second-order valence-electron chi connectivity index (χ2n) is 9.06. The summed E-state index contributed by atoms with van der Waals surface area (Å²) in [5.41, 5.74) is 2.51. The van der Waals surface area contributed by atoms with E-state index in [0.717, 1.165) is 49.2 Å². The molecule has 8 nitrogen and oxygen atoms in total. The van der Waals surface area contributed by atoms with Gasteiger partial charge in [-0.1, -0.05) is 13.0 Å². The molecule has 1 aliphatic rings. The van der Waals surface area contributed by atoms with Crippen LogP contribution < -0.4 is 5.56 Å². The van der Waals surface area contributed by atoms with Gasteiger partial charge in [-0.25, -0.2) is 4.79 Å². The molecule has 0 unspecified atom stereocenters. The van der Waals surface area contributed by atoms with Crippen molar-refractivity contribution < 1.29 is 15.0 Å². The number of hydrogen-bond donors (Lipinski definition) is 3. The summed E-state index contributed by atoms with van der Waals surface area (Å²) in [5, 5.41) is 20.8. The van der Waals surface area contributed by atoms with E-state index in [2.05, 4.69) is 46.3 Å². The molecule has 0 spiro atoms. The minimum atomic E-state index is -1.44. The lowest BCUT2D eigenvalue weighted by Crippen LogP contribution is -2.48. The Hall–Kier alpha value is -2.52. The van der Waals surface area contributed by atoms with Crippen LogP contribution in [-0.4, -0.2) is 67.8 Å². The zero-order valence-corrected chi connectivity index (χ0v) is 22.1. The number of aromatic amines is 1. The van der Waals surface area contributed by atoms with Gasteiger partial charge in [-0.3, -0.25) is 14.6 Å². The number of aromatic hydroxyl groups is 1. The third kappa shape index (κ3) is 5.51. The van der Waals surface area contributed by atoms with Gasteiger partial charge in [0.05, 0.1) is 5.69 Å². The molecule has 1 aliphatic heterocycles. The van der Waals surface area contributed by atoms with E-state index in [4.69, 9.17) is 0 Å². The second-order valence-corrected chi connectivity index (χ2v) is 9.06. The van der Waals surface area contributed by atoms with Crippen LogP contribution in [0.5, 0.6) is 5.75 Å². The fourth-order valence-electron chi connectivity index (χ4n) is 4.80. The third-order valence-corrected chi connectivity index (χ3v) is 6.81. The van der Waals surface area contributed by atoms with Crippen LogP contribution in [0.15, 0.2) is 29.1 Å². The molecule has 2 aromatic heterocycles. The van der Waals surface area contributed by atoms with Crippen LogP contribution in [0.4, 0.5) is 0 Å². The van der Waals surface area contributed by atoms with Crippen molar-refractivity contribution in [2.75, 3.05) is 26.2 Å². The molecular weight excluding hydrogens is 491 g/mol. The van der Waals surface area contributed by atoms with Crippen molar-refractivity contribution in [3.05, 3.63) is 51.4 Å². The maximum atomic E-state index is 12.3. The van der Waals surface area contributed by atoms with Gasteiger partial charge in [0.15, 0.2) is 5.56 Å². The van der Waals surface area contributed by atoms with Crippen LogP contribution >= 0.6 is 24.8 Å². The number of halogens is 2. The Balaban J connectivity index is 0.00000216. The fourth-order valence-corrected chi connectivity index (χ4v) is 4.80. The molecule has 0 aliphatic carbocycles. The predicted octanol–water partition coefficient (Wildman–Crippen LogP) is 3.87. The number of carboxylic acids is 1. The number of nitrogens with one attached hydrogen (secondary N) is 1. The number of piperazine rings is 1. The lowest BCUT2D eigenvalue weighted by atomic mass is 9.99. The van der Waals surface area contributed by atoms with Crippen LogP contribution in [0, 0.1) is 0 Å². The fraction of sp³-hybridized carbons (Fsp3) is 0.440. The molecule has 0 radical (unpaired) electrons. The van der Waals surface area contributed by atoms with E-state index in [1.807, 2.05) is 25.1 Å². The summed E-state index contributed by atoms with van der Waals surface area (Å²) in [5.74, 6) is -1.90. The first kappa shape index (κ1) is 28.7. The number of carboxylic acid groups (broad SMARTS) is 1. The monoisotopic (exact) mass is 524 g/mol. The average molecular weight is 525 g/mol. The highest BCUT2D eigenvalue weighted by molar-refractivity contribution is 5.92. The highest BCUT2D eigenvalue weighted by Crippen LogP contribution is 2.32. The second kappa shape index (κ2) is 11.5. The van der Waals surface area contributed by atoms with Gasteiger partial charge in [0.25, 0.3) is 5.56 Å². The highest BCUT2D eigenvalue weighted by atomic mass is 35.5. The molecule has 35 heavy (non-hydrogen) atoms. The highest BCUT2D eigenvalue weighted by Gasteiger charge is 2.23. The van der Waals surface area contributed by atoms with Gasteiger partial charge in [-0.05, 0) is 44.0 Å². The molecule has 1 aromatic carbocycles. The number of aromatic carboxylic acids is 1. The molecule has 0 bridgehead atoms. The van der Waals surface area contributed by atoms with Gasteiger partial charge >= 0.3 is 5.97 Å². The number of fused-ring (bicyclic) bond motifs is 1. The Morgan fingerprint density at radius 3 is 2.34 bits per heavy atom. The minimum Gasteiger partial charge on any atom is -0.506 e. The molecule has 3 heterocycles. The smallest absolute Gasteiger partial charge is 0.345 e. The van der Waals surface area contributed by atoms with Crippen molar-refractivity contribution in [3.8, 4) is 17.0 Å². The number of benzene rings is 1. The van der Waals surface area contributed by atoms with Crippen molar-refractivity contribution in [3.63, 3.8) is 0 Å². The standard InChI is InChI=1S/C25H32N4O4.2ClH/c1-5-19-22(26-24(31)21(23(19)30)25(32)33)16-6-7-20-17(12-16)13-18(27(20)4)14-28-8-10-29(11-9-28)15(2)3;;/h6-7,12-13,15H,5,8-11,14H2,1-4H3,(H,32,33)(H2,26,30,31);2*1H. The summed E-state index contributed by atoms with van der Waals surface area (Å²) in [6.07, 6.45) is 0.388. The molecule has 0 saturated carbocycles. The number of H-pyrrole nitrogens is 1.